The molecule has 0 aliphatic carbocycles. The van der Waals surface area contributed by atoms with Crippen LogP contribution in [0.5, 0.6) is 5.75 Å². The van der Waals surface area contributed by atoms with Gasteiger partial charge in [-0.05, 0) is 47.4 Å². The molecule has 0 heterocycles. The number of nitrogens with zero attached hydrogens (tertiary/aromatic N) is 2. The average molecular weight is 491 g/mol. The van der Waals surface area contributed by atoms with E-state index < -0.39 is 11.9 Å². The Hall–Kier alpha value is -4.64. The molecule has 0 atom stereocenters. The van der Waals surface area contributed by atoms with Crippen LogP contribution >= 0.6 is 0 Å². The maximum absolute atomic E-state index is 14.2. The van der Waals surface area contributed by atoms with Crippen molar-refractivity contribution in [2.24, 2.45) is 0 Å². The summed E-state index contributed by atoms with van der Waals surface area (Å²) >= 11 is 0. The number of amides is 3. The van der Waals surface area contributed by atoms with Gasteiger partial charge in [-0.2, -0.15) is 0 Å². The minimum atomic E-state index is -0.416. The highest BCUT2D eigenvalue weighted by atomic mass is 16.5. The second-order valence-corrected chi connectivity index (χ2v) is 8.64. The van der Waals surface area contributed by atoms with Crippen LogP contribution in [0, 0.1) is 0 Å². The molecule has 0 aliphatic rings. The van der Waals surface area contributed by atoms with Crippen molar-refractivity contribution in [2.45, 2.75) is 13.0 Å². The fourth-order valence-electron chi connectivity index (χ4n) is 4.04. The first-order valence-corrected chi connectivity index (χ1v) is 12.1. The Morgan fingerprint density at radius 3 is 1.84 bits per heavy atom. The summed E-state index contributed by atoms with van der Waals surface area (Å²) < 4.78 is 5.29. The summed E-state index contributed by atoms with van der Waals surface area (Å²) in [6.45, 7) is 0.369. The van der Waals surface area contributed by atoms with Crippen LogP contribution < -0.4 is 9.64 Å². The normalized spacial score (nSPS) is 11.0. The molecular formula is C32H30N2O3. The van der Waals surface area contributed by atoms with Crippen LogP contribution in [-0.2, 0) is 17.8 Å². The third kappa shape index (κ3) is 6.53. The maximum Gasteiger partial charge on any atom is 0.331 e. The highest BCUT2D eigenvalue weighted by Gasteiger charge is 2.29. The van der Waals surface area contributed by atoms with Gasteiger partial charge in [0, 0.05) is 19.2 Å². The van der Waals surface area contributed by atoms with Gasteiger partial charge >= 0.3 is 6.03 Å². The summed E-state index contributed by atoms with van der Waals surface area (Å²) in [7, 11) is 3.28. The molecule has 4 rings (SSSR count). The number of hydrogen-bond acceptors (Lipinski definition) is 3. The smallest absolute Gasteiger partial charge is 0.331 e. The fraction of sp³-hybridized carbons (Fsp3) is 0.125. The number of ether oxygens (including phenoxy) is 1. The van der Waals surface area contributed by atoms with E-state index in [1.54, 1.807) is 43.3 Å². The number of urea groups is 1. The molecule has 5 heteroatoms. The van der Waals surface area contributed by atoms with Crippen molar-refractivity contribution in [3.63, 3.8) is 0 Å². The average Bonchev–Trinajstić information content (AvgIpc) is 2.95. The van der Waals surface area contributed by atoms with Gasteiger partial charge in [0.1, 0.15) is 5.75 Å². The summed E-state index contributed by atoms with van der Waals surface area (Å²) in [6, 6.07) is 35.6. The van der Waals surface area contributed by atoms with Gasteiger partial charge in [-0.25, -0.2) is 9.69 Å². The first kappa shape index (κ1) is 25.5. The number of imide groups is 1. The van der Waals surface area contributed by atoms with Crippen LogP contribution in [0.15, 0.2) is 121 Å². The van der Waals surface area contributed by atoms with Crippen molar-refractivity contribution in [1.29, 1.82) is 0 Å². The van der Waals surface area contributed by atoms with E-state index in [1.807, 2.05) is 97.1 Å². The molecule has 4 aromatic carbocycles. The van der Waals surface area contributed by atoms with Gasteiger partial charge in [0.05, 0.1) is 12.8 Å². The van der Waals surface area contributed by atoms with Crippen LogP contribution in [0.4, 0.5) is 10.5 Å². The van der Waals surface area contributed by atoms with Crippen LogP contribution in [0.3, 0.4) is 0 Å². The predicted octanol–water partition coefficient (Wildman–Crippen LogP) is 6.61. The molecule has 0 radical (unpaired) electrons. The second-order valence-electron chi connectivity index (χ2n) is 8.64. The third-order valence-electron chi connectivity index (χ3n) is 6.01. The van der Waals surface area contributed by atoms with Gasteiger partial charge in [0.2, 0.25) is 0 Å². The number of anilines is 1. The van der Waals surface area contributed by atoms with Crippen LogP contribution in [0.2, 0.25) is 0 Å². The minimum absolute atomic E-state index is 0.369. The molecule has 4 aromatic rings. The lowest BCUT2D eigenvalue weighted by Gasteiger charge is -2.28. The Morgan fingerprint density at radius 2 is 1.27 bits per heavy atom. The minimum Gasteiger partial charge on any atom is -0.497 e. The SMILES string of the molecule is COc1ccc(N(C(=O)/C(=C/Cc2ccccc2)c2ccccc2)C(=O)N(C)Cc2ccccc2)cc1. The molecule has 0 spiro atoms. The van der Waals surface area contributed by atoms with Gasteiger partial charge in [0.25, 0.3) is 5.91 Å². The monoisotopic (exact) mass is 490 g/mol. The number of rotatable bonds is 8. The number of carbonyl (C=O) groups is 2. The molecular weight excluding hydrogens is 460 g/mol. The molecule has 3 amide bonds. The second kappa shape index (κ2) is 12.4. The molecule has 5 nitrogen and oxygen atoms in total. The van der Waals surface area contributed by atoms with E-state index >= 15 is 0 Å². The molecule has 0 saturated carbocycles. The molecule has 0 fully saturated rings. The molecule has 37 heavy (non-hydrogen) atoms. The van der Waals surface area contributed by atoms with E-state index in [0.717, 1.165) is 16.7 Å². The Labute approximate surface area is 218 Å². The van der Waals surface area contributed by atoms with Crippen molar-refractivity contribution >= 4 is 23.2 Å². The lowest BCUT2D eigenvalue weighted by molar-refractivity contribution is -0.112. The molecule has 0 aliphatic heterocycles. The molecule has 0 aromatic heterocycles. The Morgan fingerprint density at radius 1 is 0.730 bits per heavy atom. The van der Waals surface area contributed by atoms with Crippen LogP contribution in [0.1, 0.15) is 16.7 Å². The Bertz CT molecular complexity index is 1340. The first-order chi connectivity index (χ1) is 18.1. The number of methoxy groups -OCH3 is 1. The van der Waals surface area contributed by atoms with Crippen LogP contribution in [0.25, 0.3) is 5.57 Å². The predicted molar refractivity (Wildman–Crippen MR) is 148 cm³/mol. The van der Waals surface area contributed by atoms with E-state index in [1.165, 1.54) is 4.90 Å². The van der Waals surface area contributed by atoms with Gasteiger partial charge in [-0.3, -0.25) is 4.79 Å². The largest absolute Gasteiger partial charge is 0.497 e. The lowest BCUT2D eigenvalue weighted by Crippen LogP contribution is -2.45. The maximum atomic E-state index is 14.2. The van der Waals surface area contributed by atoms with Crippen molar-refractivity contribution in [3.05, 3.63) is 138 Å². The summed E-state index contributed by atoms with van der Waals surface area (Å²) in [6.07, 6.45) is 2.45. The first-order valence-electron chi connectivity index (χ1n) is 12.1. The van der Waals surface area contributed by atoms with Crippen molar-refractivity contribution < 1.29 is 14.3 Å². The summed E-state index contributed by atoms with van der Waals surface area (Å²) in [5.74, 6) is 0.251. The zero-order chi connectivity index (χ0) is 26.0. The van der Waals surface area contributed by atoms with Crippen LogP contribution in [-0.4, -0.2) is 31.0 Å². The number of carbonyl (C=O) groups excluding carboxylic acids is 2. The highest BCUT2D eigenvalue weighted by molar-refractivity contribution is 6.33. The van der Waals surface area contributed by atoms with E-state index in [-0.39, 0.29) is 0 Å². The molecule has 0 N–H and O–H groups in total. The van der Waals surface area contributed by atoms with Gasteiger partial charge in [0.15, 0.2) is 0 Å². The molecule has 186 valence electrons. The van der Waals surface area contributed by atoms with E-state index in [2.05, 4.69) is 0 Å². The number of allylic oxidation sites excluding steroid dienone is 1. The highest BCUT2D eigenvalue weighted by Crippen LogP contribution is 2.26. The Kier molecular flexibility index (Phi) is 8.50. The van der Waals surface area contributed by atoms with Gasteiger partial charge in [-0.1, -0.05) is 97.1 Å². The van der Waals surface area contributed by atoms with E-state index in [4.69, 9.17) is 4.74 Å². The van der Waals surface area contributed by atoms with E-state index in [9.17, 15) is 9.59 Å². The zero-order valence-corrected chi connectivity index (χ0v) is 21.1. The van der Waals surface area contributed by atoms with Crippen molar-refractivity contribution in [1.82, 2.24) is 4.90 Å². The zero-order valence-electron chi connectivity index (χ0n) is 21.1. The lowest BCUT2D eigenvalue weighted by atomic mass is 10.0. The summed E-state index contributed by atoms with van der Waals surface area (Å²) in [5.41, 5.74) is 3.73. The standard InChI is InChI=1S/C32H30N2O3/c1-33(24-26-14-8-4-9-15-26)32(36)34(28-19-21-29(37-2)22-20-28)31(35)30(27-16-10-5-11-17-27)23-18-25-12-6-3-7-13-25/h3-17,19-23H,18,24H2,1-2H3/b30-23+. The Balaban J connectivity index is 1.73. The third-order valence-corrected chi connectivity index (χ3v) is 6.01. The summed E-state index contributed by atoms with van der Waals surface area (Å²) in [4.78, 5) is 30.8. The summed E-state index contributed by atoms with van der Waals surface area (Å²) in [5, 5.41) is 0. The molecule has 0 unspecified atom stereocenters. The number of hydrogen-bond donors (Lipinski definition) is 0. The van der Waals surface area contributed by atoms with Crippen molar-refractivity contribution in [3.8, 4) is 5.75 Å². The van der Waals surface area contributed by atoms with Gasteiger partial charge in [-0.15, -0.1) is 0 Å². The number of benzene rings is 4. The van der Waals surface area contributed by atoms with Gasteiger partial charge < -0.3 is 9.64 Å². The topological polar surface area (TPSA) is 49.9 Å². The molecule has 0 saturated heterocycles. The fourth-order valence-corrected chi connectivity index (χ4v) is 4.04. The molecule has 0 bridgehead atoms. The van der Waals surface area contributed by atoms with Crippen molar-refractivity contribution in [2.75, 3.05) is 19.1 Å². The quantitative estimate of drug-likeness (QED) is 0.261. The van der Waals surface area contributed by atoms with E-state index in [0.29, 0.717) is 30.0 Å².